The minimum Gasteiger partial charge on any atom is -0.347 e. The zero-order valence-electron chi connectivity index (χ0n) is 20.5. The van der Waals surface area contributed by atoms with Crippen molar-refractivity contribution in [1.82, 2.24) is 15.1 Å². The van der Waals surface area contributed by atoms with Gasteiger partial charge in [0.05, 0.1) is 12.2 Å². The number of benzene rings is 2. The van der Waals surface area contributed by atoms with Gasteiger partial charge in [-0.1, -0.05) is 73.8 Å². The maximum Gasteiger partial charge on any atom is 0.272 e. The Bertz CT molecular complexity index is 1290. The lowest BCUT2D eigenvalue weighted by atomic mass is 9.68. The molecule has 2 bridgehead atoms. The van der Waals surface area contributed by atoms with Crippen LogP contribution in [-0.4, -0.2) is 21.7 Å². The van der Waals surface area contributed by atoms with Crippen molar-refractivity contribution < 1.29 is 4.79 Å². The van der Waals surface area contributed by atoms with E-state index in [1.165, 1.54) is 12.8 Å². The Labute approximate surface area is 222 Å². The van der Waals surface area contributed by atoms with Crippen molar-refractivity contribution in [1.29, 1.82) is 0 Å². The summed E-state index contributed by atoms with van der Waals surface area (Å²) in [5.74, 6) is 0.527. The summed E-state index contributed by atoms with van der Waals surface area (Å²) in [4.78, 5) is 13.7. The Morgan fingerprint density at radius 3 is 2.40 bits per heavy atom. The molecule has 3 atom stereocenters. The summed E-state index contributed by atoms with van der Waals surface area (Å²) in [5.41, 5.74) is 4.17. The van der Waals surface area contributed by atoms with Crippen molar-refractivity contribution in [3.8, 4) is 11.3 Å². The third-order valence-electron chi connectivity index (χ3n) is 8.40. The normalized spacial score (nSPS) is 24.7. The van der Waals surface area contributed by atoms with Crippen molar-refractivity contribution in [2.45, 2.75) is 59.5 Å². The summed E-state index contributed by atoms with van der Waals surface area (Å²) in [6, 6.07) is 13.2. The van der Waals surface area contributed by atoms with Gasteiger partial charge in [-0.2, -0.15) is 5.10 Å². The lowest BCUT2D eigenvalue weighted by Gasteiger charge is -2.43. The molecule has 0 aliphatic heterocycles. The smallest absolute Gasteiger partial charge is 0.272 e. The van der Waals surface area contributed by atoms with Crippen molar-refractivity contribution >= 4 is 40.7 Å². The molecule has 4 nitrogen and oxygen atoms in total. The van der Waals surface area contributed by atoms with E-state index in [0.29, 0.717) is 33.2 Å². The van der Waals surface area contributed by atoms with Crippen LogP contribution in [0, 0.1) is 23.7 Å². The van der Waals surface area contributed by atoms with Crippen LogP contribution in [0.3, 0.4) is 0 Å². The molecule has 1 heterocycles. The molecule has 2 saturated carbocycles. The molecule has 1 aromatic heterocycles. The van der Waals surface area contributed by atoms with Crippen molar-refractivity contribution in [2.24, 2.45) is 16.7 Å². The van der Waals surface area contributed by atoms with E-state index in [9.17, 15) is 4.79 Å². The van der Waals surface area contributed by atoms with Crippen LogP contribution in [0.2, 0.25) is 15.1 Å². The Morgan fingerprint density at radius 1 is 1.09 bits per heavy atom. The third kappa shape index (κ3) is 4.28. The molecule has 1 amide bonds. The van der Waals surface area contributed by atoms with E-state index in [1.807, 2.05) is 48.0 Å². The van der Waals surface area contributed by atoms with Crippen molar-refractivity contribution in [3.05, 3.63) is 74.4 Å². The minimum atomic E-state index is -0.120. The molecule has 7 heteroatoms. The van der Waals surface area contributed by atoms with Gasteiger partial charge in [0, 0.05) is 32.2 Å². The summed E-state index contributed by atoms with van der Waals surface area (Å²) in [5, 5.41) is 10.0. The van der Waals surface area contributed by atoms with E-state index in [4.69, 9.17) is 39.9 Å². The topological polar surface area (TPSA) is 46.9 Å². The number of fused-ring (bicyclic) bond motifs is 2. The SMILES string of the molecule is Cc1c(C(=O)NC2C(C)(C)C3CC[C@@]2(C)C3)nn(Cc2ccc(Cl)cc2Cl)c1-c1ccc(Cl)cc1. The molecule has 1 N–H and O–H groups in total. The van der Waals surface area contributed by atoms with Crippen LogP contribution in [0.15, 0.2) is 42.5 Å². The summed E-state index contributed by atoms with van der Waals surface area (Å²) in [6.07, 6.45) is 3.57. The first-order valence-corrected chi connectivity index (χ1v) is 13.2. The number of aromatic nitrogens is 2. The molecule has 0 radical (unpaired) electrons. The maximum absolute atomic E-state index is 13.7. The predicted molar refractivity (Wildman–Crippen MR) is 143 cm³/mol. The molecule has 2 unspecified atom stereocenters. The van der Waals surface area contributed by atoms with Gasteiger partial charge in [0.25, 0.3) is 5.91 Å². The van der Waals surface area contributed by atoms with Gasteiger partial charge in [-0.25, -0.2) is 0 Å². The Hall–Kier alpha value is -2.01. The van der Waals surface area contributed by atoms with Crippen LogP contribution in [0.5, 0.6) is 0 Å². The minimum absolute atomic E-state index is 0.0645. The molecule has 35 heavy (non-hydrogen) atoms. The number of nitrogens with zero attached hydrogens (tertiary/aromatic N) is 2. The van der Waals surface area contributed by atoms with Crippen LogP contribution < -0.4 is 5.32 Å². The first-order chi connectivity index (χ1) is 16.5. The monoisotopic (exact) mass is 529 g/mol. The highest BCUT2D eigenvalue weighted by Gasteiger charge is 2.59. The number of rotatable bonds is 5. The number of amides is 1. The van der Waals surface area contributed by atoms with E-state index in [2.05, 4.69) is 26.1 Å². The second kappa shape index (κ2) is 8.83. The Morgan fingerprint density at radius 2 is 1.77 bits per heavy atom. The third-order valence-corrected chi connectivity index (χ3v) is 9.24. The van der Waals surface area contributed by atoms with E-state index in [0.717, 1.165) is 28.8 Å². The van der Waals surface area contributed by atoms with E-state index in [1.54, 1.807) is 6.07 Å². The highest BCUT2D eigenvalue weighted by atomic mass is 35.5. The van der Waals surface area contributed by atoms with Crippen LogP contribution in [0.4, 0.5) is 0 Å². The van der Waals surface area contributed by atoms with Gasteiger partial charge >= 0.3 is 0 Å². The number of hydrogen-bond acceptors (Lipinski definition) is 2. The molecule has 0 spiro atoms. The predicted octanol–water partition coefficient (Wildman–Crippen LogP) is 7.81. The summed E-state index contributed by atoms with van der Waals surface area (Å²) < 4.78 is 1.86. The summed E-state index contributed by atoms with van der Waals surface area (Å²) >= 11 is 18.7. The molecular formula is C28H30Cl3N3O. The van der Waals surface area contributed by atoms with Gasteiger partial charge in [-0.3, -0.25) is 9.48 Å². The van der Waals surface area contributed by atoms with Crippen molar-refractivity contribution in [3.63, 3.8) is 0 Å². The van der Waals surface area contributed by atoms with Crippen molar-refractivity contribution in [2.75, 3.05) is 0 Å². The second-order valence-electron chi connectivity index (χ2n) is 11.0. The first-order valence-electron chi connectivity index (χ1n) is 12.1. The van der Waals surface area contributed by atoms with Gasteiger partial charge in [0.2, 0.25) is 0 Å². The molecule has 184 valence electrons. The number of carbonyl (C=O) groups excluding carboxylic acids is 1. The summed E-state index contributed by atoms with van der Waals surface area (Å²) in [6.45, 7) is 9.27. The molecule has 0 saturated heterocycles. The fourth-order valence-corrected chi connectivity index (χ4v) is 7.12. The van der Waals surface area contributed by atoms with Gasteiger partial charge in [0.15, 0.2) is 5.69 Å². The zero-order valence-corrected chi connectivity index (χ0v) is 22.7. The van der Waals surface area contributed by atoms with Gasteiger partial charge in [-0.15, -0.1) is 0 Å². The quantitative estimate of drug-likeness (QED) is 0.365. The second-order valence-corrected chi connectivity index (χ2v) is 12.3. The highest BCUT2D eigenvalue weighted by molar-refractivity contribution is 6.35. The first kappa shape index (κ1) is 24.7. The molecule has 5 rings (SSSR count). The fraction of sp³-hybridized carbons (Fsp3) is 0.429. The van der Waals surface area contributed by atoms with Gasteiger partial charge in [0.1, 0.15) is 0 Å². The highest BCUT2D eigenvalue weighted by Crippen LogP contribution is 2.62. The number of halogens is 3. The lowest BCUT2D eigenvalue weighted by Crippen LogP contribution is -2.52. The number of carbonyl (C=O) groups is 1. The van der Waals surface area contributed by atoms with Crippen LogP contribution in [-0.2, 0) is 6.54 Å². The average Bonchev–Trinajstić information content (AvgIpc) is 3.40. The van der Waals surface area contributed by atoms with E-state index in [-0.39, 0.29) is 22.8 Å². The summed E-state index contributed by atoms with van der Waals surface area (Å²) in [7, 11) is 0. The number of nitrogens with one attached hydrogen (secondary N) is 1. The van der Waals surface area contributed by atoms with Gasteiger partial charge in [-0.05, 0) is 72.8 Å². The lowest BCUT2D eigenvalue weighted by molar-refractivity contribution is 0.0732. The molecular weight excluding hydrogens is 501 g/mol. The average molecular weight is 531 g/mol. The standard InChI is InChI=1S/C28H30Cl3N3O/c1-16-23(25(35)32-26-27(2,3)19-11-12-28(26,4)14-19)33-34(15-18-7-10-21(30)13-22(18)31)24(16)17-5-8-20(29)9-6-17/h5-10,13,19,26H,11-12,14-15H2,1-4H3,(H,32,35)/t19?,26?,28-/m0/s1. The molecule has 2 aromatic carbocycles. The Balaban J connectivity index is 1.53. The van der Waals surface area contributed by atoms with Crippen LogP contribution >= 0.6 is 34.8 Å². The molecule has 2 aliphatic rings. The molecule has 2 aliphatic carbocycles. The van der Waals surface area contributed by atoms with Crippen LogP contribution in [0.1, 0.15) is 61.6 Å². The molecule has 2 fully saturated rings. The molecule has 3 aromatic rings. The van der Waals surface area contributed by atoms with E-state index < -0.39 is 0 Å². The largest absolute Gasteiger partial charge is 0.347 e. The number of hydrogen-bond donors (Lipinski definition) is 1. The van der Waals surface area contributed by atoms with Gasteiger partial charge < -0.3 is 5.32 Å². The Kier molecular flexibility index (Phi) is 6.22. The zero-order chi connectivity index (χ0) is 25.1. The van der Waals surface area contributed by atoms with E-state index >= 15 is 0 Å². The van der Waals surface area contributed by atoms with Crippen LogP contribution in [0.25, 0.3) is 11.3 Å². The maximum atomic E-state index is 13.7. The fourth-order valence-electron chi connectivity index (χ4n) is 6.53.